The molecule has 1 aliphatic rings. The number of guanidine groups is 1. The third kappa shape index (κ3) is 5.44. The largest absolute Gasteiger partial charge is 0.466 e. The highest BCUT2D eigenvalue weighted by Crippen LogP contribution is 2.15. The molecule has 2 rings (SSSR count). The van der Waals surface area contributed by atoms with Crippen molar-refractivity contribution in [2.24, 2.45) is 4.99 Å². The molecule has 1 aliphatic heterocycles. The van der Waals surface area contributed by atoms with E-state index in [4.69, 9.17) is 4.74 Å². The van der Waals surface area contributed by atoms with E-state index < -0.39 is 0 Å². The molecule has 0 spiro atoms. The Morgan fingerprint density at radius 3 is 2.54 bits per heavy atom. The molecule has 0 aromatic heterocycles. The van der Waals surface area contributed by atoms with Crippen LogP contribution in [0.15, 0.2) is 35.3 Å². The van der Waals surface area contributed by atoms with Gasteiger partial charge in [0.1, 0.15) is 0 Å². The monoisotopic (exact) mass is 332 g/mol. The third-order valence-electron chi connectivity index (χ3n) is 4.06. The van der Waals surface area contributed by atoms with Gasteiger partial charge in [-0.25, -0.2) is 0 Å². The highest BCUT2D eigenvalue weighted by atomic mass is 16.5. The van der Waals surface area contributed by atoms with Gasteiger partial charge in [0.25, 0.3) is 0 Å². The molecule has 1 aromatic carbocycles. The maximum atomic E-state index is 11.3. The van der Waals surface area contributed by atoms with Crippen LogP contribution < -0.4 is 10.2 Å². The van der Waals surface area contributed by atoms with E-state index in [9.17, 15) is 4.79 Å². The first-order valence-electron chi connectivity index (χ1n) is 8.65. The zero-order valence-corrected chi connectivity index (χ0v) is 14.7. The fraction of sp³-hybridized carbons (Fsp3) is 0.556. The molecule has 1 saturated heterocycles. The number of nitrogens with zero attached hydrogens (tertiary/aromatic N) is 3. The molecule has 1 heterocycles. The number of ether oxygens (including phenoxy) is 1. The lowest BCUT2D eigenvalue weighted by atomic mass is 10.2. The highest BCUT2D eigenvalue weighted by molar-refractivity contribution is 5.80. The van der Waals surface area contributed by atoms with Crippen LogP contribution in [-0.2, 0) is 9.53 Å². The highest BCUT2D eigenvalue weighted by Gasteiger charge is 2.19. The molecule has 132 valence electrons. The fourth-order valence-electron chi connectivity index (χ4n) is 2.81. The number of esters is 1. The first-order valence-corrected chi connectivity index (χ1v) is 8.65. The van der Waals surface area contributed by atoms with E-state index in [0.29, 0.717) is 13.0 Å². The van der Waals surface area contributed by atoms with Crippen molar-refractivity contribution in [3.05, 3.63) is 30.3 Å². The molecular formula is C18H28N4O2. The van der Waals surface area contributed by atoms with Crippen molar-refractivity contribution in [3.8, 4) is 0 Å². The van der Waals surface area contributed by atoms with Gasteiger partial charge in [0.15, 0.2) is 5.96 Å². The number of benzene rings is 1. The van der Waals surface area contributed by atoms with Crippen LogP contribution in [0.1, 0.15) is 19.8 Å². The molecule has 24 heavy (non-hydrogen) atoms. The summed E-state index contributed by atoms with van der Waals surface area (Å²) in [7, 11) is 1.80. The summed E-state index contributed by atoms with van der Waals surface area (Å²) in [6.45, 7) is 6.83. The minimum absolute atomic E-state index is 0.134. The second kappa shape index (κ2) is 9.80. The van der Waals surface area contributed by atoms with Gasteiger partial charge in [-0.1, -0.05) is 18.2 Å². The maximum Gasteiger partial charge on any atom is 0.305 e. The molecule has 6 heteroatoms. The molecule has 0 amide bonds. The molecule has 1 aromatic rings. The van der Waals surface area contributed by atoms with E-state index in [1.165, 1.54) is 5.69 Å². The quantitative estimate of drug-likeness (QED) is 0.372. The molecule has 0 saturated carbocycles. The second-order valence-electron chi connectivity index (χ2n) is 5.69. The van der Waals surface area contributed by atoms with Gasteiger partial charge in [0, 0.05) is 51.9 Å². The number of aliphatic imine (C=N–C) groups is 1. The number of anilines is 1. The molecule has 6 nitrogen and oxygen atoms in total. The fourth-order valence-corrected chi connectivity index (χ4v) is 2.81. The summed E-state index contributed by atoms with van der Waals surface area (Å²) < 4.78 is 4.93. The SMILES string of the molecule is CCOC(=O)CCCNC(=NC)N1CCN(c2ccccc2)CC1. The minimum atomic E-state index is -0.134. The molecule has 0 aliphatic carbocycles. The topological polar surface area (TPSA) is 57.2 Å². The predicted molar refractivity (Wildman–Crippen MR) is 97.5 cm³/mol. The lowest BCUT2D eigenvalue weighted by Gasteiger charge is -2.37. The van der Waals surface area contributed by atoms with Crippen LogP contribution >= 0.6 is 0 Å². The van der Waals surface area contributed by atoms with Crippen molar-refractivity contribution in [2.75, 3.05) is 51.3 Å². The van der Waals surface area contributed by atoms with Gasteiger partial charge in [0.2, 0.25) is 0 Å². The molecular weight excluding hydrogens is 304 g/mol. The third-order valence-corrected chi connectivity index (χ3v) is 4.06. The van der Waals surface area contributed by atoms with E-state index in [1.807, 2.05) is 13.0 Å². The number of piperazine rings is 1. The van der Waals surface area contributed by atoms with Gasteiger partial charge in [-0.3, -0.25) is 9.79 Å². The van der Waals surface area contributed by atoms with Gasteiger partial charge in [-0.2, -0.15) is 0 Å². The first-order chi connectivity index (χ1) is 11.7. The average Bonchev–Trinajstić information content (AvgIpc) is 2.63. The van der Waals surface area contributed by atoms with Crippen LogP contribution in [0.3, 0.4) is 0 Å². The van der Waals surface area contributed by atoms with E-state index in [1.54, 1.807) is 7.05 Å². The summed E-state index contributed by atoms with van der Waals surface area (Å²) in [5.74, 6) is 0.775. The van der Waals surface area contributed by atoms with Gasteiger partial charge < -0.3 is 19.9 Å². The minimum Gasteiger partial charge on any atom is -0.466 e. The van der Waals surface area contributed by atoms with Crippen molar-refractivity contribution in [1.29, 1.82) is 0 Å². The average molecular weight is 332 g/mol. The Labute approximate surface area is 144 Å². The number of hydrogen-bond donors (Lipinski definition) is 1. The Kier molecular flexibility index (Phi) is 7.39. The Bertz CT molecular complexity index is 525. The Balaban J connectivity index is 1.72. The smallest absolute Gasteiger partial charge is 0.305 e. The summed E-state index contributed by atoms with van der Waals surface area (Å²) >= 11 is 0. The number of carbonyl (C=O) groups is 1. The molecule has 0 unspecified atom stereocenters. The van der Waals surface area contributed by atoms with Gasteiger partial charge in [-0.15, -0.1) is 0 Å². The number of nitrogens with one attached hydrogen (secondary N) is 1. The van der Waals surface area contributed by atoms with Crippen molar-refractivity contribution in [2.45, 2.75) is 19.8 Å². The van der Waals surface area contributed by atoms with Crippen LogP contribution in [0.5, 0.6) is 0 Å². The standard InChI is InChI=1S/C18H28N4O2/c1-3-24-17(23)10-7-11-20-18(19-2)22-14-12-21(13-15-22)16-8-5-4-6-9-16/h4-6,8-9H,3,7,10-15H2,1-2H3,(H,19,20). The number of hydrogen-bond acceptors (Lipinski definition) is 4. The van der Waals surface area contributed by atoms with Crippen LogP contribution in [0.2, 0.25) is 0 Å². The second-order valence-corrected chi connectivity index (χ2v) is 5.69. The molecule has 0 atom stereocenters. The normalized spacial score (nSPS) is 15.3. The van der Waals surface area contributed by atoms with E-state index >= 15 is 0 Å². The van der Waals surface area contributed by atoms with Crippen LogP contribution in [0.4, 0.5) is 5.69 Å². The van der Waals surface area contributed by atoms with E-state index in [0.717, 1.165) is 45.1 Å². The molecule has 1 N–H and O–H groups in total. The van der Waals surface area contributed by atoms with Crippen LogP contribution in [0, 0.1) is 0 Å². The van der Waals surface area contributed by atoms with Crippen molar-refractivity contribution >= 4 is 17.6 Å². The molecule has 0 bridgehead atoms. The first kappa shape index (κ1) is 18.1. The Morgan fingerprint density at radius 1 is 1.21 bits per heavy atom. The summed E-state index contributed by atoms with van der Waals surface area (Å²) in [5.41, 5.74) is 1.27. The number of carbonyl (C=O) groups excluding carboxylic acids is 1. The van der Waals surface area contributed by atoms with Crippen molar-refractivity contribution < 1.29 is 9.53 Å². The van der Waals surface area contributed by atoms with E-state index in [2.05, 4.69) is 44.4 Å². The summed E-state index contributed by atoms with van der Waals surface area (Å²) in [5, 5.41) is 3.34. The molecule has 1 fully saturated rings. The van der Waals surface area contributed by atoms with Gasteiger partial charge in [0.05, 0.1) is 6.61 Å². The number of para-hydroxylation sites is 1. The zero-order valence-electron chi connectivity index (χ0n) is 14.7. The summed E-state index contributed by atoms with van der Waals surface area (Å²) in [6, 6.07) is 10.5. The van der Waals surface area contributed by atoms with Crippen LogP contribution in [-0.4, -0.2) is 63.2 Å². The van der Waals surface area contributed by atoms with Crippen molar-refractivity contribution in [3.63, 3.8) is 0 Å². The van der Waals surface area contributed by atoms with Crippen LogP contribution in [0.25, 0.3) is 0 Å². The van der Waals surface area contributed by atoms with Crippen molar-refractivity contribution in [1.82, 2.24) is 10.2 Å². The summed E-state index contributed by atoms with van der Waals surface area (Å²) in [6.07, 6.45) is 1.20. The van der Waals surface area contributed by atoms with Gasteiger partial charge in [-0.05, 0) is 25.5 Å². The lowest BCUT2D eigenvalue weighted by molar-refractivity contribution is -0.143. The Morgan fingerprint density at radius 2 is 1.92 bits per heavy atom. The predicted octanol–water partition coefficient (Wildman–Crippen LogP) is 1.73. The molecule has 0 radical (unpaired) electrons. The lowest BCUT2D eigenvalue weighted by Crippen LogP contribution is -2.52. The van der Waals surface area contributed by atoms with E-state index in [-0.39, 0.29) is 5.97 Å². The Hall–Kier alpha value is -2.24. The zero-order chi connectivity index (χ0) is 17.2. The maximum absolute atomic E-state index is 11.3. The van der Waals surface area contributed by atoms with Gasteiger partial charge >= 0.3 is 5.97 Å². The number of rotatable bonds is 6. The summed E-state index contributed by atoms with van der Waals surface area (Å²) in [4.78, 5) is 20.4.